The summed E-state index contributed by atoms with van der Waals surface area (Å²) in [7, 11) is 0. The standard InChI is InChI=1S/C11H14ClNO/c12-10-3-1-2-9(8-10)11(14)4-6-13-7-5-11/h1-3,8,13-14H,4-7H2. The maximum Gasteiger partial charge on any atom is 0.0921 e. The first-order chi connectivity index (χ1) is 6.71. The molecule has 1 fully saturated rings. The van der Waals surface area contributed by atoms with Crippen LogP contribution in [-0.2, 0) is 5.60 Å². The van der Waals surface area contributed by atoms with E-state index >= 15 is 0 Å². The lowest BCUT2D eigenvalue weighted by molar-refractivity contribution is 0.00595. The van der Waals surface area contributed by atoms with Gasteiger partial charge in [-0.1, -0.05) is 23.7 Å². The molecule has 1 saturated heterocycles. The summed E-state index contributed by atoms with van der Waals surface area (Å²) in [4.78, 5) is 0. The van der Waals surface area contributed by atoms with Crippen LogP contribution in [0.25, 0.3) is 0 Å². The van der Waals surface area contributed by atoms with Crippen molar-refractivity contribution in [3.8, 4) is 0 Å². The van der Waals surface area contributed by atoms with Crippen LogP contribution in [0.1, 0.15) is 18.4 Å². The van der Waals surface area contributed by atoms with Crippen LogP contribution in [0.4, 0.5) is 0 Å². The number of halogens is 1. The van der Waals surface area contributed by atoms with E-state index < -0.39 is 5.60 Å². The van der Waals surface area contributed by atoms with Gasteiger partial charge in [-0.2, -0.15) is 0 Å². The lowest BCUT2D eigenvalue weighted by Gasteiger charge is -2.33. The second-order valence-electron chi connectivity index (χ2n) is 3.79. The summed E-state index contributed by atoms with van der Waals surface area (Å²) < 4.78 is 0. The fraction of sp³-hybridized carbons (Fsp3) is 0.455. The van der Waals surface area contributed by atoms with Gasteiger partial charge in [0.1, 0.15) is 0 Å². The molecule has 2 rings (SSSR count). The van der Waals surface area contributed by atoms with Crippen molar-refractivity contribution in [1.29, 1.82) is 0 Å². The monoisotopic (exact) mass is 211 g/mol. The summed E-state index contributed by atoms with van der Waals surface area (Å²) >= 11 is 5.90. The topological polar surface area (TPSA) is 32.3 Å². The highest BCUT2D eigenvalue weighted by Gasteiger charge is 2.30. The molecule has 2 nitrogen and oxygen atoms in total. The molecule has 0 aliphatic carbocycles. The van der Waals surface area contributed by atoms with Gasteiger partial charge in [0.15, 0.2) is 0 Å². The highest BCUT2D eigenvalue weighted by molar-refractivity contribution is 6.30. The molecule has 0 amide bonds. The fourth-order valence-corrected chi connectivity index (χ4v) is 2.10. The predicted molar refractivity (Wildman–Crippen MR) is 57.5 cm³/mol. The lowest BCUT2D eigenvalue weighted by Crippen LogP contribution is -2.39. The Balaban J connectivity index is 2.28. The smallest absolute Gasteiger partial charge is 0.0921 e. The molecule has 1 heterocycles. The molecule has 1 aliphatic heterocycles. The van der Waals surface area contributed by atoms with Gasteiger partial charge in [-0.05, 0) is 43.6 Å². The quantitative estimate of drug-likeness (QED) is 0.744. The molecule has 0 radical (unpaired) electrons. The zero-order valence-corrected chi connectivity index (χ0v) is 8.72. The molecular weight excluding hydrogens is 198 g/mol. The second-order valence-corrected chi connectivity index (χ2v) is 4.23. The van der Waals surface area contributed by atoms with E-state index in [0.717, 1.165) is 31.5 Å². The Hall–Kier alpha value is -0.570. The van der Waals surface area contributed by atoms with E-state index in [-0.39, 0.29) is 0 Å². The summed E-state index contributed by atoms with van der Waals surface area (Å²) in [6.45, 7) is 1.73. The Morgan fingerprint density at radius 3 is 2.64 bits per heavy atom. The van der Waals surface area contributed by atoms with Gasteiger partial charge >= 0.3 is 0 Å². The first-order valence-electron chi connectivity index (χ1n) is 4.90. The molecule has 2 N–H and O–H groups in total. The normalized spacial score (nSPS) is 20.7. The Morgan fingerprint density at radius 2 is 2.00 bits per heavy atom. The van der Waals surface area contributed by atoms with E-state index in [2.05, 4.69) is 5.32 Å². The van der Waals surface area contributed by atoms with Gasteiger partial charge in [0.05, 0.1) is 5.60 Å². The average molecular weight is 212 g/mol. The summed E-state index contributed by atoms with van der Waals surface area (Å²) in [5, 5.41) is 14.3. The first kappa shape index (κ1) is 9.97. The van der Waals surface area contributed by atoms with E-state index in [1.165, 1.54) is 0 Å². The molecule has 1 aromatic carbocycles. The largest absolute Gasteiger partial charge is 0.385 e. The van der Waals surface area contributed by atoms with Gasteiger partial charge in [-0.15, -0.1) is 0 Å². The molecule has 3 heteroatoms. The van der Waals surface area contributed by atoms with E-state index in [1.54, 1.807) is 0 Å². The molecule has 0 atom stereocenters. The molecule has 0 bridgehead atoms. The number of piperidine rings is 1. The third-order valence-electron chi connectivity index (χ3n) is 2.79. The summed E-state index contributed by atoms with van der Waals surface area (Å²) in [6, 6.07) is 7.51. The van der Waals surface area contributed by atoms with Gasteiger partial charge in [0, 0.05) is 5.02 Å². The average Bonchev–Trinajstić information content (AvgIpc) is 2.19. The minimum absolute atomic E-state index is 0.684. The lowest BCUT2D eigenvalue weighted by atomic mass is 9.85. The highest BCUT2D eigenvalue weighted by atomic mass is 35.5. The van der Waals surface area contributed by atoms with Crippen LogP contribution in [0.5, 0.6) is 0 Å². The van der Waals surface area contributed by atoms with Crippen molar-refractivity contribution in [1.82, 2.24) is 5.32 Å². The molecule has 14 heavy (non-hydrogen) atoms. The molecule has 76 valence electrons. The minimum atomic E-state index is -0.684. The Morgan fingerprint density at radius 1 is 1.29 bits per heavy atom. The summed E-state index contributed by atoms with van der Waals surface area (Å²) in [5.74, 6) is 0. The van der Waals surface area contributed by atoms with Gasteiger partial charge < -0.3 is 10.4 Å². The molecule has 0 saturated carbocycles. The number of hydrogen-bond donors (Lipinski definition) is 2. The molecule has 0 spiro atoms. The highest BCUT2D eigenvalue weighted by Crippen LogP contribution is 2.31. The maximum absolute atomic E-state index is 10.4. The zero-order valence-electron chi connectivity index (χ0n) is 7.96. The van der Waals surface area contributed by atoms with Crippen molar-refractivity contribution < 1.29 is 5.11 Å². The van der Waals surface area contributed by atoms with Crippen LogP contribution in [0.15, 0.2) is 24.3 Å². The van der Waals surface area contributed by atoms with Crippen molar-refractivity contribution >= 4 is 11.6 Å². The number of hydrogen-bond acceptors (Lipinski definition) is 2. The molecule has 0 aromatic heterocycles. The first-order valence-corrected chi connectivity index (χ1v) is 5.28. The van der Waals surface area contributed by atoms with Crippen molar-refractivity contribution in [2.45, 2.75) is 18.4 Å². The van der Waals surface area contributed by atoms with Crippen LogP contribution in [-0.4, -0.2) is 18.2 Å². The van der Waals surface area contributed by atoms with Crippen LogP contribution in [0, 0.1) is 0 Å². The van der Waals surface area contributed by atoms with Crippen molar-refractivity contribution in [2.24, 2.45) is 0 Å². The van der Waals surface area contributed by atoms with Gasteiger partial charge in [-0.25, -0.2) is 0 Å². The van der Waals surface area contributed by atoms with E-state index in [1.807, 2.05) is 24.3 Å². The van der Waals surface area contributed by atoms with Crippen molar-refractivity contribution in [2.75, 3.05) is 13.1 Å². The third-order valence-corrected chi connectivity index (χ3v) is 3.03. The minimum Gasteiger partial charge on any atom is -0.385 e. The predicted octanol–water partition coefficient (Wildman–Crippen LogP) is 1.91. The van der Waals surface area contributed by atoms with Crippen molar-refractivity contribution in [3.63, 3.8) is 0 Å². The summed E-state index contributed by atoms with van der Waals surface area (Å²) in [6.07, 6.45) is 1.51. The molecule has 1 aromatic rings. The Labute approximate surface area is 88.9 Å². The number of rotatable bonds is 1. The van der Waals surface area contributed by atoms with Gasteiger partial charge in [0.2, 0.25) is 0 Å². The van der Waals surface area contributed by atoms with Crippen LogP contribution in [0.2, 0.25) is 5.02 Å². The summed E-state index contributed by atoms with van der Waals surface area (Å²) in [5.41, 5.74) is 0.252. The van der Waals surface area contributed by atoms with Crippen LogP contribution < -0.4 is 5.32 Å². The third kappa shape index (κ3) is 1.92. The van der Waals surface area contributed by atoms with Crippen molar-refractivity contribution in [3.05, 3.63) is 34.9 Å². The maximum atomic E-state index is 10.4. The van der Waals surface area contributed by atoms with Gasteiger partial charge in [0.25, 0.3) is 0 Å². The molecule has 1 aliphatic rings. The number of aliphatic hydroxyl groups is 1. The van der Waals surface area contributed by atoms with E-state index in [4.69, 9.17) is 11.6 Å². The molecule has 0 unspecified atom stereocenters. The SMILES string of the molecule is OC1(c2cccc(Cl)c2)CCNCC1. The van der Waals surface area contributed by atoms with Crippen LogP contribution in [0.3, 0.4) is 0 Å². The second kappa shape index (κ2) is 3.89. The fourth-order valence-electron chi connectivity index (χ4n) is 1.91. The Kier molecular flexibility index (Phi) is 2.77. The number of nitrogens with one attached hydrogen (secondary N) is 1. The Bertz CT molecular complexity index is 321. The van der Waals surface area contributed by atoms with Crippen LogP contribution >= 0.6 is 11.6 Å². The molecular formula is C11H14ClNO. The zero-order chi connectivity index (χ0) is 10.0. The number of benzene rings is 1. The van der Waals surface area contributed by atoms with E-state index in [9.17, 15) is 5.11 Å². The van der Waals surface area contributed by atoms with E-state index in [0.29, 0.717) is 5.02 Å². The van der Waals surface area contributed by atoms with Gasteiger partial charge in [-0.3, -0.25) is 0 Å².